The Kier molecular flexibility index (Phi) is 42.1. The molecule has 2 atom stereocenters. The summed E-state index contributed by atoms with van der Waals surface area (Å²) in [5.41, 5.74) is 21.4. The molecule has 0 aliphatic carbocycles. The lowest BCUT2D eigenvalue weighted by molar-refractivity contribution is -0.191. The van der Waals surface area contributed by atoms with Crippen LogP contribution in [-0.4, -0.2) is 131 Å². The second-order valence-corrected chi connectivity index (χ2v) is 14.2. The molecule has 0 aromatic rings. The molecule has 212 valence electrons. The summed E-state index contributed by atoms with van der Waals surface area (Å²) in [5.74, 6) is 0.970. The van der Waals surface area contributed by atoms with Crippen molar-refractivity contribution >= 4 is 43.0 Å². The molecular formula is C21H53IN8O3P2. The Morgan fingerprint density at radius 2 is 1.03 bits per heavy atom. The monoisotopic (exact) mass is 654 g/mol. The predicted molar refractivity (Wildman–Crippen MR) is 161 cm³/mol. The molecule has 2 rings (SSSR count). The maximum Gasteiger partial charge on any atom is 0.373 e. The van der Waals surface area contributed by atoms with E-state index in [1.165, 1.54) is 58.9 Å². The normalized spacial score (nSPS) is 16.4. The van der Waals surface area contributed by atoms with Crippen LogP contribution < -0.4 is 28.3 Å². The van der Waals surface area contributed by atoms with Gasteiger partial charge in [-0.15, -0.1) is 8.93 Å². The van der Waals surface area contributed by atoms with Gasteiger partial charge in [0.2, 0.25) is 0 Å². The highest BCUT2D eigenvalue weighted by molar-refractivity contribution is 14.2. The summed E-state index contributed by atoms with van der Waals surface area (Å²) in [4.78, 5) is 23.7. The minimum atomic E-state index is 0.219. The van der Waals surface area contributed by atoms with E-state index in [1.54, 1.807) is 0 Å². The second-order valence-electron chi connectivity index (χ2n) is 7.76. The van der Waals surface area contributed by atoms with Gasteiger partial charge in [0.1, 0.15) is 0 Å². The summed E-state index contributed by atoms with van der Waals surface area (Å²) in [6.45, 7) is 16.2. The van der Waals surface area contributed by atoms with Crippen LogP contribution in [-0.2, 0) is 9.59 Å². The van der Waals surface area contributed by atoms with Gasteiger partial charge in [-0.25, -0.2) is 0 Å². The van der Waals surface area contributed by atoms with Gasteiger partial charge in [0.15, 0.2) is 0 Å². The number of halogens is 1. The van der Waals surface area contributed by atoms with Crippen LogP contribution in [0, 0.1) is 0 Å². The number of hydrogen-bond donors (Lipinski definition) is 6. The molecule has 0 amide bonds. The highest BCUT2D eigenvalue weighted by Gasteiger charge is 2.15. The van der Waals surface area contributed by atoms with Gasteiger partial charge in [0.25, 0.3) is 0 Å². The fraction of sp³-hybridized carbons (Fsp3) is 0.952. The highest BCUT2D eigenvalue weighted by atomic mass is 127. The Balaban J connectivity index is -0.000000424. The number of nitrogens with zero attached hydrogens (tertiary/aromatic N) is 3. The molecule has 35 heavy (non-hydrogen) atoms. The molecule has 14 heteroatoms. The summed E-state index contributed by atoms with van der Waals surface area (Å²) in [6, 6.07) is 0. The summed E-state index contributed by atoms with van der Waals surface area (Å²) < 4.78 is 0. The van der Waals surface area contributed by atoms with Crippen molar-refractivity contribution < 1.29 is 14.7 Å². The molecule has 0 aromatic heterocycles. The quantitative estimate of drug-likeness (QED) is 0.120. The minimum absolute atomic E-state index is 0.219. The lowest BCUT2D eigenvalue weighted by Crippen LogP contribution is -2.47. The highest BCUT2D eigenvalue weighted by Crippen LogP contribution is 2.28. The molecule has 0 aromatic carbocycles. The Morgan fingerprint density at radius 3 is 1.26 bits per heavy atom. The standard InChI is InChI=1S/C10H24N4.C7H17N3.C3H9NO.CO2.H3IP2/c11-3-1-5-13-7-9-14(10-8-13)6-2-4-12;8-2-1-5-10-6-3-9-4-7-10;4-2-1-3-5;2-1-3;1-3-2/h1-12H2;9H,1-8H2;5H,1-4H2;;3H,2H2. The predicted octanol–water partition coefficient (Wildman–Crippen LogP) is -0.909. The molecule has 0 bridgehead atoms. The van der Waals surface area contributed by atoms with Crippen LogP contribution in [0.2, 0.25) is 0 Å². The number of piperazine rings is 2. The largest absolute Gasteiger partial charge is 0.396 e. The third kappa shape index (κ3) is 34.6. The first-order valence-corrected chi connectivity index (χ1v) is 18.3. The van der Waals surface area contributed by atoms with Gasteiger partial charge in [-0.2, -0.15) is 9.59 Å². The van der Waals surface area contributed by atoms with E-state index in [9.17, 15) is 0 Å². The number of hydrogen-bond acceptors (Lipinski definition) is 11. The Bertz CT molecular complexity index is 400. The van der Waals surface area contributed by atoms with E-state index >= 15 is 0 Å². The molecular weight excluding hydrogens is 601 g/mol. The maximum atomic E-state index is 8.12. The number of nitrogens with one attached hydrogen (secondary N) is 1. The van der Waals surface area contributed by atoms with Crippen molar-refractivity contribution in [3.63, 3.8) is 0 Å². The van der Waals surface area contributed by atoms with Gasteiger partial charge in [-0.3, -0.25) is 0 Å². The van der Waals surface area contributed by atoms with E-state index in [0.29, 0.717) is 6.54 Å². The topological polar surface area (TPSA) is 180 Å². The lowest BCUT2D eigenvalue weighted by Gasteiger charge is -2.34. The first-order chi connectivity index (χ1) is 17.0. The molecule has 0 saturated carbocycles. The van der Waals surface area contributed by atoms with E-state index in [2.05, 4.69) is 51.0 Å². The summed E-state index contributed by atoms with van der Waals surface area (Å²) >= 11 is 2.28. The smallest absolute Gasteiger partial charge is 0.373 e. The van der Waals surface area contributed by atoms with Gasteiger partial charge in [0.05, 0.1) is 0 Å². The van der Waals surface area contributed by atoms with Gasteiger partial charge >= 0.3 is 6.15 Å². The van der Waals surface area contributed by atoms with E-state index in [0.717, 1.165) is 64.3 Å². The maximum absolute atomic E-state index is 8.12. The molecule has 2 saturated heterocycles. The molecule has 2 aliphatic heterocycles. The van der Waals surface area contributed by atoms with E-state index < -0.39 is 0 Å². The van der Waals surface area contributed by atoms with Crippen LogP contribution in [0.3, 0.4) is 0 Å². The van der Waals surface area contributed by atoms with Crippen molar-refractivity contribution in [3.8, 4) is 0 Å². The average molecular weight is 655 g/mol. The Labute approximate surface area is 230 Å². The van der Waals surface area contributed by atoms with Gasteiger partial charge in [-0.1, -0.05) is 22.0 Å². The zero-order valence-electron chi connectivity index (χ0n) is 21.5. The zero-order valence-corrected chi connectivity index (χ0v) is 25.8. The van der Waals surface area contributed by atoms with Crippen LogP contribution in [0.5, 0.6) is 0 Å². The lowest BCUT2D eigenvalue weighted by atomic mass is 10.2. The first-order valence-electron chi connectivity index (χ1n) is 12.4. The Morgan fingerprint density at radius 1 is 0.743 bits per heavy atom. The molecule has 0 spiro atoms. The summed E-state index contributed by atoms with van der Waals surface area (Å²) in [6.07, 6.45) is 4.37. The molecule has 10 N–H and O–H groups in total. The third-order valence-corrected chi connectivity index (χ3v) is 5.07. The fourth-order valence-corrected chi connectivity index (χ4v) is 3.21. The number of rotatable bonds is 11. The minimum Gasteiger partial charge on any atom is -0.396 e. The molecule has 0 radical (unpaired) electrons. The van der Waals surface area contributed by atoms with Crippen molar-refractivity contribution in [2.24, 2.45) is 22.9 Å². The molecule has 2 fully saturated rings. The second kappa shape index (κ2) is 36.8. The van der Waals surface area contributed by atoms with Crippen LogP contribution in [0.1, 0.15) is 25.7 Å². The van der Waals surface area contributed by atoms with Gasteiger partial charge in [0, 0.05) is 59.0 Å². The van der Waals surface area contributed by atoms with Crippen LogP contribution >= 0.6 is 36.9 Å². The fourth-order valence-electron chi connectivity index (χ4n) is 3.21. The number of carbonyl (C=O) groups excluding carboxylic acids is 2. The van der Waals surface area contributed by atoms with Crippen molar-refractivity contribution in [1.82, 2.24) is 20.0 Å². The zero-order chi connectivity index (χ0) is 27.0. The summed E-state index contributed by atoms with van der Waals surface area (Å²) in [7, 11) is 2.59. The van der Waals surface area contributed by atoms with Crippen LogP contribution in [0.25, 0.3) is 0 Å². The number of nitrogens with two attached hydrogens (primary N) is 4. The van der Waals surface area contributed by atoms with Crippen molar-refractivity contribution in [2.75, 3.05) is 105 Å². The number of aliphatic hydroxyl groups is 1. The first kappa shape index (κ1) is 40.1. The average Bonchev–Trinajstić information content (AvgIpc) is 2.88. The van der Waals surface area contributed by atoms with Crippen molar-refractivity contribution in [3.05, 3.63) is 0 Å². The molecule has 2 unspecified atom stereocenters. The molecule has 11 nitrogen and oxygen atoms in total. The third-order valence-electron chi connectivity index (χ3n) is 5.07. The van der Waals surface area contributed by atoms with Gasteiger partial charge < -0.3 is 48.1 Å². The number of aliphatic hydroxyl groups excluding tert-OH is 1. The molecule has 2 aliphatic rings. The summed E-state index contributed by atoms with van der Waals surface area (Å²) in [5, 5.41) is 11.3. The Hall–Kier alpha value is 0.610. The van der Waals surface area contributed by atoms with Crippen LogP contribution in [0.4, 0.5) is 0 Å². The van der Waals surface area contributed by atoms with E-state index in [1.807, 2.05) is 0 Å². The van der Waals surface area contributed by atoms with Crippen molar-refractivity contribution in [1.29, 1.82) is 0 Å². The van der Waals surface area contributed by atoms with Gasteiger partial charge in [-0.05, 0) is 77.4 Å². The van der Waals surface area contributed by atoms with E-state index in [4.69, 9.17) is 37.6 Å². The van der Waals surface area contributed by atoms with Crippen LogP contribution in [0.15, 0.2) is 0 Å². The SMILES string of the molecule is NCCCN1CCN(CCCN)CC1.NCCCN1CCNCC1.NCCCO.O=C=O.PPI. The van der Waals surface area contributed by atoms with E-state index in [-0.39, 0.29) is 12.8 Å². The molecule has 2 heterocycles. The van der Waals surface area contributed by atoms with Crippen molar-refractivity contribution in [2.45, 2.75) is 25.7 Å².